The van der Waals surface area contributed by atoms with E-state index in [1.807, 2.05) is 18.2 Å². The Bertz CT molecular complexity index is 742. The monoisotopic (exact) mass is 425 g/mol. The minimum Gasteiger partial charge on any atom is -0.435 e. The Morgan fingerprint density at radius 1 is 1.28 bits per heavy atom. The van der Waals surface area contributed by atoms with Crippen LogP contribution in [0.4, 0.5) is 4.79 Å². The van der Waals surface area contributed by atoms with Crippen molar-refractivity contribution in [3.63, 3.8) is 0 Å². The number of amides is 2. The van der Waals surface area contributed by atoms with Crippen LogP contribution >= 0.6 is 7.52 Å². The molecule has 1 saturated heterocycles. The number of benzene rings is 1. The third kappa shape index (κ3) is 5.54. The second-order valence-corrected chi connectivity index (χ2v) is 10.5. The van der Waals surface area contributed by atoms with E-state index in [-0.39, 0.29) is 19.2 Å². The van der Waals surface area contributed by atoms with E-state index in [4.69, 9.17) is 4.52 Å². The molecule has 8 heteroatoms. The summed E-state index contributed by atoms with van der Waals surface area (Å²) < 4.78 is 19.9. The summed E-state index contributed by atoms with van der Waals surface area (Å²) in [7, 11) is -1.59. The minimum atomic E-state index is -3.20. The Morgan fingerprint density at radius 3 is 2.52 bits per heavy atom. The van der Waals surface area contributed by atoms with Crippen LogP contribution in [0.5, 0.6) is 0 Å². The molecule has 0 saturated carbocycles. The van der Waals surface area contributed by atoms with Gasteiger partial charge < -0.3 is 9.63 Å². The summed E-state index contributed by atoms with van der Waals surface area (Å²) in [5.41, 5.74) is 1.23. The molecule has 2 rings (SSSR count). The van der Waals surface area contributed by atoms with Crippen LogP contribution in [-0.4, -0.2) is 65.2 Å². The number of aryl methyl sites for hydroxylation is 1. The van der Waals surface area contributed by atoms with Gasteiger partial charge in [-0.15, -0.1) is 0 Å². The summed E-state index contributed by atoms with van der Waals surface area (Å²) in [5, 5.41) is 9.74. The van der Waals surface area contributed by atoms with Gasteiger partial charge in [0.1, 0.15) is 12.6 Å². The van der Waals surface area contributed by atoms with Crippen LogP contribution in [-0.2, 0) is 20.3 Å². The zero-order valence-corrected chi connectivity index (χ0v) is 18.6. The molecule has 0 radical (unpaired) electrons. The number of quaternary nitrogens is 1. The van der Waals surface area contributed by atoms with E-state index < -0.39 is 24.0 Å². The molecule has 1 aromatic rings. The summed E-state index contributed by atoms with van der Waals surface area (Å²) >= 11 is 0. The topological polar surface area (TPSA) is 83.9 Å². The van der Waals surface area contributed by atoms with Gasteiger partial charge in [-0.3, -0.25) is 4.57 Å². The molecule has 0 aliphatic carbocycles. The summed E-state index contributed by atoms with van der Waals surface area (Å²) in [5.74, 6) is -0.422. The summed E-state index contributed by atoms with van der Waals surface area (Å²) in [6, 6.07) is 9.84. The number of rotatable bonds is 10. The maximum atomic E-state index is 13.4. The van der Waals surface area contributed by atoms with Gasteiger partial charge in [-0.1, -0.05) is 30.3 Å². The minimum absolute atomic E-state index is 0.188. The molecule has 0 spiro atoms. The molecule has 3 atom stereocenters. The SMILES string of the molecule is CCOP(=O)(CCCCc1ccccc1)N(C)CC(=O)[N+]1(C(=O)O)CCC[C@H]1C. The molecule has 1 N–H and O–H groups in total. The maximum Gasteiger partial charge on any atom is 0.521 e. The highest BCUT2D eigenvalue weighted by molar-refractivity contribution is 7.56. The van der Waals surface area contributed by atoms with Crippen molar-refractivity contribution in [2.75, 3.05) is 32.9 Å². The van der Waals surface area contributed by atoms with Crippen molar-refractivity contribution in [2.24, 2.45) is 0 Å². The van der Waals surface area contributed by atoms with E-state index in [2.05, 4.69) is 12.1 Å². The van der Waals surface area contributed by atoms with Crippen molar-refractivity contribution >= 4 is 19.5 Å². The van der Waals surface area contributed by atoms with Crippen molar-refractivity contribution in [3.05, 3.63) is 35.9 Å². The number of nitrogens with zero attached hydrogens (tertiary/aromatic N) is 2. The van der Waals surface area contributed by atoms with Crippen molar-refractivity contribution in [3.8, 4) is 0 Å². The van der Waals surface area contributed by atoms with E-state index in [1.165, 1.54) is 10.2 Å². The van der Waals surface area contributed by atoms with Crippen LogP contribution in [0.25, 0.3) is 0 Å². The first-order chi connectivity index (χ1) is 13.8. The Morgan fingerprint density at radius 2 is 1.97 bits per heavy atom. The number of imide groups is 1. The zero-order chi connectivity index (χ0) is 21.5. The van der Waals surface area contributed by atoms with Gasteiger partial charge >= 0.3 is 12.0 Å². The van der Waals surface area contributed by atoms with Crippen molar-refractivity contribution in [1.29, 1.82) is 0 Å². The Labute approximate surface area is 173 Å². The first kappa shape index (κ1) is 23.7. The second kappa shape index (κ2) is 10.5. The molecular weight excluding hydrogens is 391 g/mol. The Hall–Kier alpha value is -1.53. The summed E-state index contributed by atoms with van der Waals surface area (Å²) in [6.45, 7) is 3.96. The molecule has 0 aromatic heterocycles. The van der Waals surface area contributed by atoms with Crippen LogP contribution < -0.4 is 0 Å². The van der Waals surface area contributed by atoms with Gasteiger partial charge in [-0.2, -0.15) is 9.28 Å². The highest BCUT2D eigenvalue weighted by Gasteiger charge is 2.53. The van der Waals surface area contributed by atoms with E-state index >= 15 is 0 Å². The average Bonchev–Trinajstić information content (AvgIpc) is 3.09. The van der Waals surface area contributed by atoms with Crippen molar-refractivity contribution in [2.45, 2.75) is 52.0 Å². The van der Waals surface area contributed by atoms with Gasteiger partial charge in [0.05, 0.1) is 13.2 Å². The average molecular weight is 425 g/mol. The molecule has 1 heterocycles. The number of unbranched alkanes of at least 4 members (excludes halogenated alkanes) is 1. The molecule has 162 valence electrons. The van der Waals surface area contributed by atoms with E-state index in [0.29, 0.717) is 32.0 Å². The lowest BCUT2D eigenvalue weighted by atomic mass is 10.1. The van der Waals surface area contributed by atoms with Crippen molar-refractivity contribution < 1.29 is 28.3 Å². The number of likely N-dealkylation sites (N-methyl/N-ethyl adjacent to an activating group) is 1. The normalized spacial score (nSPS) is 23.8. The molecule has 1 aliphatic heterocycles. The van der Waals surface area contributed by atoms with Gasteiger partial charge in [0.25, 0.3) is 7.52 Å². The van der Waals surface area contributed by atoms with Gasteiger partial charge in [0, 0.05) is 19.0 Å². The molecule has 2 amide bonds. The quantitative estimate of drug-likeness (QED) is 0.340. The fourth-order valence-electron chi connectivity index (χ4n) is 4.09. The molecular formula is C21H34N2O5P+. The number of carboxylic acid groups (broad SMARTS) is 1. The number of carbonyl (C=O) groups is 2. The highest BCUT2D eigenvalue weighted by atomic mass is 31.2. The lowest BCUT2D eigenvalue weighted by molar-refractivity contribution is -0.792. The fourth-order valence-corrected chi connectivity index (χ4v) is 6.12. The number of hydrogen-bond acceptors (Lipinski definition) is 4. The number of hydrogen-bond donors (Lipinski definition) is 1. The van der Waals surface area contributed by atoms with Crippen LogP contribution in [0, 0.1) is 0 Å². The smallest absolute Gasteiger partial charge is 0.435 e. The lowest BCUT2D eigenvalue weighted by Crippen LogP contribution is -2.60. The summed E-state index contributed by atoms with van der Waals surface area (Å²) in [4.78, 5) is 24.9. The summed E-state index contributed by atoms with van der Waals surface area (Å²) in [6.07, 6.45) is 3.10. The first-order valence-electron chi connectivity index (χ1n) is 10.4. The van der Waals surface area contributed by atoms with Gasteiger partial charge in [-0.05, 0) is 45.7 Å². The van der Waals surface area contributed by atoms with E-state index in [1.54, 1.807) is 20.9 Å². The van der Waals surface area contributed by atoms with Crippen molar-refractivity contribution in [1.82, 2.24) is 4.67 Å². The molecule has 29 heavy (non-hydrogen) atoms. The van der Waals surface area contributed by atoms with Gasteiger partial charge in [0.2, 0.25) is 0 Å². The second-order valence-electron chi connectivity index (χ2n) is 7.80. The predicted molar refractivity (Wildman–Crippen MR) is 113 cm³/mol. The third-order valence-corrected chi connectivity index (χ3v) is 8.61. The molecule has 1 aromatic carbocycles. The predicted octanol–water partition coefficient (Wildman–Crippen LogP) is 4.37. The largest absolute Gasteiger partial charge is 0.521 e. The fraction of sp³-hybridized carbons (Fsp3) is 0.619. The zero-order valence-electron chi connectivity index (χ0n) is 17.7. The highest BCUT2D eigenvalue weighted by Crippen LogP contribution is 2.50. The Balaban J connectivity index is 1.99. The first-order valence-corrected chi connectivity index (χ1v) is 12.2. The van der Waals surface area contributed by atoms with Crippen LogP contribution in [0.2, 0.25) is 0 Å². The molecule has 2 unspecified atom stereocenters. The number of likely N-dealkylation sites (tertiary alicyclic amines) is 1. The van der Waals surface area contributed by atoms with Crippen LogP contribution in [0.3, 0.4) is 0 Å². The van der Waals surface area contributed by atoms with E-state index in [9.17, 15) is 19.3 Å². The Kier molecular flexibility index (Phi) is 8.58. The maximum absolute atomic E-state index is 13.4. The van der Waals surface area contributed by atoms with Gasteiger partial charge in [0.15, 0.2) is 0 Å². The molecule has 7 nitrogen and oxygen atoms in total. The van der Waals surface area contributed by atoms with Crippen LogP contribution in [0.15, 0.2) is 30.3 Å². The standard InChI is InChI=1S/C21H33N2O5P/c1-4-28-29(27,16-9-8-14-19-12-6-5-7-13-19)22(3)17-20(24)23(21(25)26)15-10-11-18(23)2/h5-7,12-13,18H,4,8-11,14-17H2,1-3H3/p+1/t18-,23?,29?/m1/s1. The van der Waals surface area contributed by atoms with E-state index in [0.717, 1.165) is 12.8 Å². The lowest BCUT2D eigenvalue weighted by Gasteiger charge is -2.33. The van der Waals surface area contributed by atoms with Gasteiger partial charge in [-0.25, -0.2) is 9.46 Å². The molecule has 0 bridgehead atoms. The number of carbonyl (C=O) groups excluding carboxylic acids is 1. The molecule has 1 fully saturated rings. The molecule has 1 aliphatic rings. The third-order valence-electron chi connectivity index (χ3n) is 5.89. The van der Waals surface area contributed by atoms with Crippen LogP contribution in [0.1, 0.15) is 45.1 Å².